The fraction of sp³-hybridized carbons (Fsp3) is 0.300. The molecule has 3 heterocycles. The Morgan fingerprint density at radius 2 is 1.86 bits per heavy atom. The fourth-order valence-electron chi connectivity index (χ4n) is 3.37. The number of rotatable bonds is 2. The number of nitrogens with zero attached hydrogens (tertiary/aromatic N) is 3. The number of aromatic nitrogens is 1. The van der Waals surface area contributed by atoms with Gasteiger partial charge in [0.05, 0.1) is 10.4 Å². The van der Waals surface area contributed by atoms with Gasteiger partial charge in [-0.25, -0.2) is 9.37 Å². The van der Waals surface area contributed by atoms with E-state index in [9.17, 15) is 22.4 Å². The molecule has 1 aliphatic heterocycles. The highest BCUT2D eigenvalue weighted by molar-refractivity contribution is 7.20. The molecule has 0 saturated carbocycles. The fourth-order valence-corrected chi connectivity index (χ4v) is 4.38. The lowest BCUT2D eigenvalue weighted by molar-refractivity contribution is -0.137. The quantitative estimate of drug-likeness (QED) is 0.556. The Balaban J connectivity index is 1.46. The number of halogens is 4. The zero-order valence-corrected chi connectivity index (χ0v) is 16.1. The maximum Gasteiger partial charge on any atom is 0.417 e. The average molecular weight is 423 g/mol. The van der Waals surface area contributed by atoms with Gasteiger partial charge in [0.1, 0.15) is 11.6 Å². The van der Waals surface area contributed by atoms with Gasteiger partial charge in [-0.2, -0.15) is 13.2 Å². The van der Waals surface area contributed by atoms with Gasteiger partial charge in [0, 0.05) is 37.1 Å². The second-order valence-corrected chi connectivity index (χ2v) is 7.91. The third-order valence-electron chi connectivity index (χ3n) is 4.87. The van der Waals surface area contributed by atoms with E-state index < -0.39 is 11.7 Å². The monoisotopic (exact) mass is 423 g/mol. The van der Waals surface area contributed by atoms with Gasteiger partial charge < -0.3 is 9.80 Å². The first-order chi connectivity index (χ1) is 13.8. The van der Waals surface area contributed by atoms with Gasteiger partial charge in [0.2, 0.25) is 0 Å². The van der Waals surface area contributed by atoms with Crippen molar-refractivity contribution in [3.63, 3.8) is 0 Å². The number of benzene rings is 1. The standard InChI is InChI=1S/C20H17F4N3OS/c21-15-3-4-16-13(10-15)11-17(29-16)19(28)27-7-1-6-26(8-9-27)18-5-2-14(12-25-18)20(22,23)24/h2-5,10-12H,1,6-9H2. The average Bonchev–Trinajstić information content (AvgIpc) is 2.95. The SMILES string of the molecule is O=C(c1cc2cc(F)ccc2s1)N1CCCN(c2ccc(C(F)(F)F)cn2)CC1. The van der Waals surface area contributed by atoms with E-state index in [1.165, 1.54) is 29.5 Å². The molecule has 1 aromatic carbocycles. The minimum Gasteiger partial charge on any atom is -0.355 e. The zero-order valence-electron chi connectivity index (χ0n) is 15.2. The van der Waals surface area contributed by atoms with Gasteiger partial charge in [-0.05, 0) is 48.2 Å². The van der Waals surface area contributed by atoms with Crippen molar-refractivity contribution in [3.8, 4) is 0 Å². The highest BCUT2D eigenvalue weighted by Crippen LogP contribution is 2.30. The van der Waals surface area contributed by atoms with Crippen LogP contribution in [0.1, 0.15) is 21.7 Å². The number of anilines is 1. The smallest absolute Gasteiger partial charge is 0.355 e. The maximum absolute atomic E-state index is 13.4. The molecule has 0 bridgehead atoms. The Bertz CT molecular complexity index is 1030. The minimum absolute atomic E-state index is 0.117. The summed E-state index contributed by atoms with van der Waals surface area (Å²) < 4.78 is 52.4. The number of alkyl halides is 3. The minimum atomic E-state index is -4.42. The molecule has 9 heteroatoms. The Kier molecular flexibility index (Phi) is 5.16. The predicted octanol–water partition coefficient (Wildman–Crippen LogP) is 4.81. The van der Waals surface area contributed by atoms with Crippen LogP contribution in [-0.4, -0.2) is 42.0 Å². The number of hydrogen-bond donors (Lipinski definition) is 0. The summed E-state index contributed by atoms with van der Waals surface area (Å²) in [5.41, 5.74) is -0.783. The highest BCUT2D eigenvalue weighted by atomic mass is 32.1. The van der Waals surface area contributed by atoms with Crippen LogP contribution in [0.4, 0.5) is 23.4 Å². The summed E-state index contributed by atoms with van der Waals surface area (Å²) in [6.07, 6.45) is -2.91. The molecule has 1 amide bonds. The number of thiophene rings is 1. The topological polar surface area (TPSA) is 36.4 Å². The lowest BCUT2D eigenvalue weighted by Crippen LogP contribution is -2.35. The van der Waals surface area contributed by atoms with Crippen LogP contribution in [0.2, 0.25) is 0 Å². The van der Waals surface area contributed by atoms with Crippen molar-refractivity contribution in [3.05, 3.63) is 58.9 Å². The second-order valence-electron chi connectivity index (χ2n) is 6.83. The van der Waals surface area contributed by atoms with Crippen LogP contribution in [0.5, 0.6) is 0 Å². The third-order valence-corrected chi connectivity index (χ3v) is 5.98. The van der Waals surface area contributed by atoms with Crippen LogP contribution < -0.4 is 4.90 Å². The van der Waals surface area contributed by atoms with Gasteiger partial charge in [-0.1, -0.05) is 0 Å². The Hall–Kier alpha value is -2.68. The molecule has 152 valence electrons. The molecule has 2 aromatic heterocycles. The van der Waals surface area contributed by atoms with Crippen LogP contribution >= 0.6 is 11.3 Å². The number of carbonyl (C=O) groups is 1. The number of pyridine rings is 1. The lowest BCUT2D eigenvalue weighted by Gasteiger charge is -2.23. The van der Waals surface area contributed by atoms with E-state index in [0.717, 1.165) is 17.0 Å². The normalized spacial score (nSPS) is 15.6. The summed E-state index contributed by atoms with van der Waals surface area (Å²) in [4.78, 5) is 21.0. The van der Waals surface area contributed by atoms with Crippen LogP contribution in [-0.2, 0) is 6.18 Å². The first-order valence-electron chi connectivity index (χ1n) is 9.08. The Labute approximate surface area is 168 Å². The van der Waals surface area contributed by atoms with E-state index in [0.29, 0.717) is 48.7 Å². The van der Waals surface area contributed by atoms with Crippen LogP contribution in [0.25, 0.3) is 10.1 Å². The number of hydrogen-bond acceptors (Lipinski definition) is 4. The van der Waals surface area contributed by atoms with Crippen molar-refractivity contribution >= 4 is 33.1 Å². The van der Waals surface area contributed by atoms with Gasteiger partial charge in [-0.15, -0.1) is 11.3 Å². The zero-order chi connectivity index (χ0) is 20.6. The van der Waals surface area contributed by atoms with Crippen molar-refractivity contribution in [1.82, 2.24) is 9.88 Å². The molecule has 1 saturated heterocycles. The lowest BCUT2D eigenvalue weighted by atomic mass is 10.2. The van der Waals surface area contributed by atoms with E-state index in [-0.39, 0.29) is 11.7 Å². The number of fused-ring (bicyclic) bond motifs is 1. The van der Waals surface area contributed by atoms with Crippen molar-refractivity contribution in [1.29, 1.82) is 0 Å². The highest BCUT2D eigenvalue weighted by Gasteiger charge is 2.31. The molecular weight excluding hydrogens is 406 g/mol. The molecule has 0 spiro atoms. The molecule has 1 fully saturated rings. The molecule has 0 atom stereocenters. The van der Waals surface area contributed by atoms with E-state index in [2.05, 4.69) is 4.98 Å². The van der Waals surface area contributed by atoms with Crippen LogP contribution in [0.3, 0.4) is 0 Å². The van der Waals surface area contributed by atoms with Crippen molar-refractivity contribution in [2.45, 2.75) is 12.6 Å². The van der Waals surface area contributed by atoms with Gasteiger partial charge in [-0.3, -0.25) is 4.79 Å². The van der Waals surface area contributed by atoms with Gasteiger partial charge in [0.25, 0.3) is 5.91 Å². The second kappa shape index (κ2) is 7.62. The summed E-state index contributed by atoms with van der Waals surface area (Å²) >= 11 is 1.33. The predicted molar refractivity (Wildman–Crippen MR) is 104 cm³/mol. The van der Waals surface area contributed by atoms with Crippen molar-refractivity contribution in [2.75, 3.05) is 31.1 Å². The molecule has 4 rings (SSSR count). The van der Waals surface area contributed by atoms with E-state index in [4.69, 9.17) is 0 Å². The van der Waals surface area contributed by atoms with E-state index in [1.807, 2.05) is 4.90 Å². The Morgan fingerprint density at radius 3 is 2.59 bits per heavy atom. The third kappa shape index (κ3) is 4.19. The summed E-state index contributed by atoms with van der Waals surface area (Å²) in [6.45, 7) is 2.05. The molecule has 0 unspecified atom stereocenters. The van der Waals surface area contributed by atoms with Crippen molar-refractivity contribution in [2.24, 2.45) is 0 Å². The van der Waals surface area contributed by atoms with E-state index >= 15 is 0 Å². The molecule has 29 heavy (non-hydrogen) atoms. The molecule has 3 aromatic rings. The summed E-state index contributed by atoms with van der Waals surface area (Å²) in [7, 11) is 0. The van der Waals surface area contributed by atoms with Crippen LogP contribution in [0, 0.1) is 5.82 Å². The first kappa shape index (κ1) is 19.6. The molecular formula is C20H17F4N3OS. The van der Waals surface area contributed by atoms with E-state index in [1.54, 1.807) is 17.0 Å². The number of carbonyl (C=O) groups excluding carboxylic acids is 1. The molecule has 1 aliphatic rings. The first-order valence-corrected chi connectivity index (χ1v) is 9.89. The van der Waals surface area contributed by atoms with Crippen LogP contribution in [0.15, 0.2) is 42.6 Å². The van der Waals surface area contributed by atoms with Gasteiger partial charge in [0.15, 0.2) is 0 Å². The molecule has 4 nitrogen and oxygen atoms in total. The molecule has 0 aliphatic carbocycles. The van der Waals surface area contributed by atoms with Crippen molar-refractivity contribution < 1.29 is 22.4 Å². The summed E-state index contributed by atoms with van der Waals surface area (Å²) in [5, 5.41) is 0.698. The molecule has 0 N–H and O–H groups in total. The van der Waals surface area contributed by atoms with Gasteiger partial charge >= 0.3 is 6.18 Å². The Morgan fingerprint density at radius 1 is 1.03 bits per heavy atom. The largest absolute Gasteiger partial charge is 0.417 e. The molecule has 0 radical (unpaired) electrons. The summed E-state index contributed by atoms with van der Waals surface area (Å²) in [5.74, 6) is 0.00206. The summed E-state index contributed by atoms with van der Waals surface area (Å²) in [6, 6.07) is 8.52. The maximum atomic E-state index is 13.4. The number of amides is 1.